The summed E-state index contributed by atoms with van der Waals surface area (Å²) in [5.41, 5.74) is 1.33. The summed E-state index contributed by atoms with van der Waals surface area (Å²) in [6.45, 7) is 7.61. The second-order valence-corrected chi connectivity index (χ2v) is 5.46. The Bertz CT molecular complexity index is 355. The van der Waals surface area contributed by atoms with Crippen molar-refractivity contribution in [2.24, 2.45) is 0 Å². The highest BCUT2D eigenvalue weighted by Crippen LogP contribution is 2.18. The van der Waals surface area contributed by atoms with Gasteiger partial charge in [0.05, 0.1) is 0 Å². The molecule has 18 heavy (non-hydrogen) atoms. The van der Waals surface area contributed by atoms with E-state index in [1.807, 2.05) is 6.20 Å². The zero-order valence-corrected chi connectivity index (χ0v) is 11.7. The number of aromatic nitrogens is 1. The molecular weight excluding hydrogens is 222 g/mol. The van der Waals surface area contributed by atoms with Gasteiger partial charge in [0, 0.05) is 31.9 Å². The van der Waals surface area contributed by atoms with Gasteiger partial charge in [-0.1, -0.05) is 26.7 Å². The third kappa shape index (κ3) is 3.98. The minimum atomic E-state index is 0.528. The fourth-order valence-corrected chi connectivity index (χ4v) is 2.37. The first-order valence-electron chi connectivity index (χ1n) is 7.19. The van der Waals surface area contributed by atoms with Crippen LogP contribution in [0.5, 0.6) is 0 Å². The molecule has 2 heterocycles. The van der Waals surface area contributed by atoms with E-state index < -0.39 is 0 Å². The minimum Gasteiger partial charge on any atom is -0.357 e. The summed E-state index contributed by atoms with van der Waals surface area (Å²) in [7, 11) is 0. The van der Waals surface area contributed by atoms with Crippen LogP contribution in [-0.4, -0.2) is 24.1 Å². The van der Waals surface area contributed by atoms with E-state index in [0.29, 0.717) is 6.04 Å². The number of anilines is 1. The molecule has 100 valence electrons. The fourth-order valence-electron chi connectivity index (χ4n) is 2.37. The Balaban J connectivity index is 2.01. The maximum Gasteiger partial charge on any atom is 0.128 e. The molecule has 1 aromatic heterocycles. The number of hydrogen-bond donors (Lipinski definition) is 1. The van der Waals surface area contributed by atoms with Crippen molar-refractivity contribution >= 4 is 5.82 Å². The van der Waals surface area contributed by atoms with Gasteiger partial charge in [-0.15, -0.1) is 0 Å². The molecule has 1 aliphatic heterocycles. The lowest BCUT2D eigenvalue weighted by Gasteiger charge is -2.22. The molecule has 1 N–H and O–H groups in total. The van der Waals surface area contributed by atoms with Gasteiger partial charge < -0.3 is 10.2 Å². The summed E-state index contributed by atoms with van der Waals surface area (Å²) in [6.07, 6.45) is 7.28. The van der Waals surface area contributed by atoms with Crippen molar-refractivity contribution in [3.05, 3.63) is 23.9 Å². The van der Waals surface area contributed by atoms with E-state index in [1.54, 1.807) is 0 Å². The molecule has 1 aliphatic rings. The molecule has 1 fully saturated rings. The van der Waals surface area contributed by atoms with Crippen molar-refractivity contribution < 1.29 is 0 Å². The lowest BCUT2D eigenvalue weighted by molar-refractivity contribution is 0.588. The van der Waals surface area contributed by atoms with Crippen LogP contribution in [0.1, 0.15) is 45.1 Å². The summed E-state index contributed by atoms with van der Waals surface area (Å²) >= 11 is 0. The molecular formula is C15H25N3. The Morgan fingerprint density at radius 2 is 1.94 bits per heavy atom. The maximum atomic E-state index is 4.53. The van der Waals surface area contributed by atoms with Gasteiger partial charge in [-0.25, -0.2) is 4.98 Å². The summed E-state index contributed by atoms with van der Waals surface area (Å²) < 4.78 is 0. The number of pyridine rings is 1. The van der Waals surface area contributed by atoms with Gasteiger partial charge in [-0.05, 0) is 30.5 Å². The first-order chi connectivity index (χ1) is 8.75. The van der Waals surface area contributed by atoms with Crippen LogP contribution in [0, 0.1) is 0 Å². The first-order valence-corrected chi connectivity index (χ1v) is 7.19. The molecule has 0 atom stereocenters. The quantitative estimate of drug-likeness (QED) is 0.886. The molecule has 0 amide bonds. The van der Waals surface area contributed by atoms with E-state index in [9.17, 15) is 0 Å². The van der Waals surface area contributed by atoms with Gasteiger partial charge in [-0.2, -0.15) is 0 Å². The molecule has 0 aliphatic carbocycles. The maximum absolute atomic E-state index is 4.53. The smallest absolute Gasteiger partial charge is 0.128 e. The number of nitrogens with one attached hydrogen (secondary N) is 1. The normalized spacial score (nSPS) is 16.9. The summed E-state index contributed by atoms with van der Waals surface area (Å²) in [4.78, 5) is 6.97. The van der Waals surface area contributed by atoms with E-state index >= 15 is 0 Å². The monoisotopic (exact) mass is 247 g/mol. The molecule has 0 spiro atoms. The van der Waals surface area contributed by atoms with Crippen LogP contribution in [0.2, 0.25) is 0 Å². The van der Waals surface area contributed by atoms with Gasteiger partial charge in [0.1, 0.15) is 5.82 Å². The van der Waals surface area contributed by atoms with Crippen LogP contribution in [0.15, 0.2) is 18.3 Å². The zero-order valence-electron chi connectivity index (χ0n) is 11.7. The summed E-state index contributed by atoms with van der Waals surface area (Å²) in [6, 6.07) is 4.87. The van der Waals surface area contributed by atoms with Gasteiger partial charge >= 0.3 is 0 Å². The Morgan fingerprint density at radius 3 is 2.61 bits per heavy atom. The van der Waals surface area contributed by atoms with Crippen molar-refractivity contribution in [3.63, 3.8) is 0 Å². The van der Waals surface area contributed by atoms with Gasteiger partial charge in [-0.3, -0.25) is 0 Å². The van der Waals surface area contributed by atoms with Crippen LogP contribution in [0.25, 0.3) is 0 Å². The standard InChI is InChI=1S/C15H25N3/c1-13(2)17-12-14-7-8-16-15(11-14)18-9-5-3-4-6-10-18/h7-8,11,13,17H,3-6,9-10,12H2,1-2H3. The van der Waals surface area contributed by atoms with E-state index in [0.717, 1.165) is 25.5 Å². The molecule has 1 aromatic rings. The van der Waals surface area contributed by atoms with E-state index in [4.69, 9.17) is 0 Å². The van der Waals surface area contributed by atoms with Crippen LogP contribution >= 0.6 is 0 Å². The lowest BCUT2D eigenvalue weighted by atomic mass is 10.2. The highest BCUT2D eigenvalue weighted by molar-refractivity contribution is 5.41. The van der Waals surface area contributed by atoms with Crippen molar-refractivity contribution in [1.82, 2.24) is 10.3 Å². The highest BCUT2D eigenvalue weighted by Gasteiger charge is 2.11. The predicted molar refractivity (Wildman–Crippen MR) is 76.9 cm³/mol. The van der Waals surface area contributed by atoms with E-state index in [1.165, 1.54) is 31.2 Å². The summed E-state index contributed by atoms with van der Waals surface area (Å²) in [5.74, 6) is 1.15. The number of nitrogens with zero attached hydrogens (tertiary/aromatic N) is 2. The second kappa shape index (κ2) is 6.74. The molecule has 0 aromatic carbocycles. The molecule has 3 nitrogen and oxygen atoms in total. The zero-order chi connectivity index (χ0) is 12.8. The first kappa shape index (κ1) is 13.3. The minimum absolute atomic E-state index is 0.528. The fraction of sp³-hybridized carbons (Fsp3) is 0.667. The third-order valence-electron chi connectivity index (χ3n) is 3.45. The van der Waals surface area contributed by atoms with Gasteiger partial charge in [0.25, 0.3) is 0 Å². The largest absolute Gasteiger partial charge is 0.357 e. The molecule has 1 saturated heterocycles. The van der Waals surface area contributed by atoms with Crippen LogP contribution in [0.3, 0.4) is 0 Å². The number of hydrogen-bond acceptors (Lipinski definition) is 3. The van der Waals surface area contributed by atoms with Crippen LogP contribution in [-0.2, 0) is 6.54 Å². The average Bonchev–Trinajstić information content (AvgIpc) is 2.65. The van der Waals surface area contributed by atoms with Crippen LogP contribution in [0.4, 0.5) is 5.82 Å². The van der Waals surface area contributed by atoms with Crippen LogP contribution < -0.4 is 10.2 Å². The SMILES string of the molecule is CC(C)NCc1ccnc(N2CCCCCC2)c1. The molecule has 0 unspecified atom stereocenters. The van der Waals surface area contributed by atoms with Crippen molar-refractivity contribution in [1.29, 1.82) is 0 Å². The highest BCUT2D eigenvalue weighted by atomic mass is 15.2. The third-order valence-corrected chi connectivity index (χ3v) is 3.45. The molecule has 2 rings (SSSR count). The number of rotatable bonds is 4. The van der Waals surface area contributed by atoms with Crippen molar-refractivity contribution in [2.45, 2.75) is 52.1 Å². The Kier molecular flexibility index (Phi) is 5.00. The van der Waals surface area contributed by atoms with Gasteiger partial charge in [0.2, 0.25) is 0 Å². The Morgan fingerprint density at radius 1 is 1.22 bits per heavy atom. The molecule has 0 saturated carbocycles. The second-order valence-electron chi connectivity index (χ2n) is 5.46. The lowest BCUT2D eigenvalue weighted by Crippen LogP contribution is -2.25. The van der Waals surface area contributed by atoms with Crippen molar-refractivity contribution in [2.75, 3.05) is 18.0 Å². The molecule has 0 bridgehead atoms. The topological polar surface area (TPSA) is 28.2 Å². The van der Waals surface area contributed by atoms with Crippen molar-refractivity contribution in [3.8, 4) is 0 Å². The average molecular weight is 247 g/mol. The van der Waals surface area contributed by atoms with E-state index in [2.05, 4.69) is 41.2 Å². The predicted octanol–water partition coefficient (Wildman–Crippen LogP) is 2.96. The Labute approximate surface area is 111 Å². The molecule has 3 heteroatoms. The van der Waals surface area contributed by atoms with E-state index in [-0.39, 0.29) is 0 Å². The molecule has 0 radical (unpaired) electrons. The van der Waals surface area contributed by atoms with Gasteiger partial charge in [0.15, 0.2) is 0 Å². The Hall–Kier alpha value is -1.09. The summed E-state index contributed by atoms with van der Waals surface area (Å²) in [5, 5.41) is 3.46.